The summed E-state index contributed by atoms with van der Waals surface area (Å²) >= 11 is 6.67. The molecule has 0 unspecified atom stereocenters. The lowest BCUT2D eigenvalue weighted by Gasteiger charge is -2.07. The molecule has 0 radical (unpaired) electrons. The average molecular weight is 350 g/mol. The van der Waals surface area contributed by atoms with Crippen LogP contribution in [0.25, 0.3) is 0 Å². The molecule has 1 aromatic rings. The Kier molecular flexibility index (Phi) is 5.49. The van der Waals surface area contributed by atoms with Gasteiger partial charge >= 0.3 is 5.97 Å². The molecule has 0 N–H and O–H groups in total. The monoisotopic (exact) mass is 348 g/mol. The van der Waals surface area contributed by atoms with E-state index < -0.39 is 0 Å². The number of hydrogen-bond donors (Lipinski definition) is 0. The molecule has 0 aliphatic heterocycles. The smallest absolute Gasteiger partial charge is 0.338 e. The lowest BCUT2D eigenvalue weighted by molar-refractivity contribution is 0.0488. The van der Waals surface area contributed by atoms with Crippen LogP contribution in [0.1, 0.15) is 30.6 Å². The number of ether oxygens (including phenoxy) is 1. The molecule has 88 valence electrons. The molecule has 0 aromatic heterocycles. The van der Waals surface area contributed by atoms with Crippen molar-refractivity contribution in [2.75, 3.05) is 6.61 Å². The maximum Gasteiger partial charge on any atom is 0.338 e. The third-order valence-electron chi connectivity index (χ3n) is 2.03. The van der Waals surface area contributed by atoms with Crippen molar-refractivity contribution < 1.29 is 9.53 Å². The number of halogens is 2. The maximum absolute atomic E-state index is 11.7. The molecular formula is C12H14Br2O2. The van der Waals surface area contributed by atoms with Crippen molar-refractivity contribution in [3.8, 4) is 0 Å². The number of benzene rings is 1. The molecule has 1 aromatic carbocycles. The first-order valence-electron chi connectivity index (χ1n) is 5.12. The summed E-state index contributed by atoms with van der Waals surface area (Å²) < 4.78 is 6.89. The van der Waals surface area contributed by atoms with Crippen LogP contribution in [-0.2, 0) is 4.74 Å². The summed E-state index contributed by atoms with van der Waals surface area (Å²) in [6, 6.07) is 5.38. The lowest BCUT2D eigenvalue weighted by Crippen LogP contribution is -2.08. The highest BCUT2D eigenvalue weighted by atomic mass is 79.9. The Balaban J connectivity index is 2.59. The van der Waals surface area contributed by atoms with Crippen molar-refractivity contribution >= 4 is 37.8 Å². The summed E-state index contributed by atoms with van der Waals surface area (Å²) in [7, 11) is 0. The quantitative estimate of drug-likeness (QED) is 0.752. The van der Waals surface area contributed by atoms with Crippen LogP contribution in [0, 0.1) is 5.92 Å². The number of carbonyl (C=O) groups is 1. The Bertz CT molecular complexity index is 355. The van der Waals surface area contributed by atoms with E-state index in [4.69, 9.17) is 4.74 Å². The van der Waals surface area contributed by atoms with Crippen LogP contribution < -0.4 is 0 Å². The first kappa shape index (κ1) is 13.7. The van der Waals surface area contributed by atoms with Crippen LogP contribution >= 0.6 is 31.9 Å². The molecule has 0 saturated heterocycles. The molecule has 0 fully saturated rings. The second kappa shape index (κ2) is 6.40. The average Bonchev–Trinajstić information content (AvgIpc) is 2.15. The highest BCUT2D eigenvalue weighted by Crippen LogP contribution is 2.20. The van der Waals surface area contributed by atoms with E-state index in [9.17, 15) is 4.79 Å². The van der Waals surface area contributed by atoms with Gasteiger partial charge in [-0.3, -0.25) is 0 Å². The Labute approximate surface area is 113 Å². The highest BCUT2D eigenvalue weighted by molar-refractivity contribution is 9.11. The number of esters is 1. The van der Waals surface area contributed by atoms with Gasteiger partial charge in [-0.1, -0.05) is 45.7 Å². The minimum absolute atomic E-state index is 0.275. The van der Waals surface area contributed by atoms with Crippen LogP contribution in [0.4, 0.5) is 0 Å². The SMILES string of the molecule is CC(C)CCOC(=O)c1cc(Br)cc(Br)c1. The Hall–Kier alpha value is -0.350. The van der Waals surface area contributed by atoms with Crippen LogP contribution in [0.5, 0.6) is 0 Å². The van der Waals surface area contributed by atoms with Gasteiger partial charge in [0.25, 0.3) is 0 Å². The molecule has 1 rings (SSSR count). The van der Waals surface area contributed by atoms with E-state index in [1.54, 1.807) is 12.1 Å². The molecule has 0 spiro atoms. The summed E-state index contributed by atoms with van der Waals surface area (Å²) in [5.74, 6) is 0.268. The summed E-state index contributed by atoms with van der Waals surface area (Å²) in [5.41, 5.74) is 0.560. The molecular weight excluding hydrogens is 336 g/mol. The first-order valence-corrected chi connectivity index (χ1v) is 6.71. The standard InChI is InChI=1S/C12H14Br2O2/c1-8(2)3-4-16-12(15)9-5-10(13)7-11(14)6-9/h5-8H,3-4H2,1-2H3. The summed E-state index contributed by atoms with van der Waals surface area (Å²) in [6.45, 7) is 4.67. The molecule has 0 aliphatic rings. The minimum Gasteiger partial charge on any atom is -0.462 e. The lowest BCUT2D eigenvalue weighted by atomic mass is 10.1. The largest absolute Gasteiger partial charge is 0.462 e. The van der Waals surface area contributed by atoms with Gasteiger partial charge in [0.1, 0.15) is 0 Å². The topological polar surface area (TPSA) is 26.3 Å². The van der Waals surface area contributed by atoms with Crippen LogP contribution in [0.2, 0.25) is 0 Å². The van der Waals surface area contributed by atoms with E-state index in [1.165, 1.54) is 0 Å². The van der Waals surface area contributed by atoms with Gasteiger partial charge in [0.05, 0.1) is 12.2 Å². The Morgan fingerprint density at radius 3 is 2.31 bits per heavy atom. The van der Waals surface area contributed by atoms with Crippen molar-refractivity contribution in [2.45, 2.75) is 20.3 Å². The number of hydrogen-bond acceptors (Lipinski definition) is 2. The Morgan fingerprint density at radius 1 is 1.25 bits per heavy atom. The predicted molar refractivity (Wildman–Crippen MR) is 71.6 cm³/mol. The van der Waals surface area contributed by atoms with E-state index in [0.717, 1.165) is 15.4 Å². The molecule has 0 bridgehead atoms. The fourth-order valence-electron chi connectivity index (χ4n) is 1.14. The summed E-state index contributed by atoms with van der Waals surface area (Å²) in [4.78, 5) is 11.7. The van der Waals surface area contributed by atoms with E-state index in [1.807, 2.05) is 6.07 Å². The first-order chi connectivity index (χ1) is 7.49. The predicted octanol–water partition coefficient (Wildman–Crippen LogP) is 4.41. The van der Waals surface area contributed by atoms with Crippen molar-refractivity contribution in [3.05, 3.63) is 32.7 Å². The van der Waals surface area contributed by atoms with E-state index >= 15 is 0 Å². The van der Waals surface area contributed by atoms with Gasteiger partial charge in [0.15, 0.2) is 0 Å². The molecule has 0 atom stereocenters. The van der Waals surface area contributed by atoms with E-state index in [-0.39, 0.29) is 5.97 Å². The zero-order chi connectivity index (χ0) is 12.1. The van der Waals surface area contributed by atoms with E-state index in [0.29, 0.717) is 18.1 Å². The molecule has 16 heavy (non-hydrogen) atoms. The van der Waals surface area contributed by atoms with Crippen molar-refractivity contribution in [1.82, 2.24) is 0 Å². The Morgan fingerprint density at radius 2 is 1.81 bits per heavy atom. The second-order valence-corrected chi connectivity index (χ2v) is 5.81. The third kappa shape index (κ3) is 4.66. The van der Waals surface area contributed by atoms with Crippen molar-refractivity contribution in [1.29, 1.82) is 0 Å². The third-order valence-corrected chi connectivity index (χ3v) is 2.94. The summed E-state index contributed by atoms with van der Waals surface area (Å²) in [5, 5.41) is 0. The van der Waals surface area contributed by atoms with Gasteiger partial charge in [0.2, 0.25) is 0 Å². The van der Waals surface area contributed by atoms with E-state index in [2.05, 4.69) is 45.7 Å². The molecule has 0 amide bonds. The van der Waals surface area contributed by atoms with Crippen molar-refractivity contribution in [2.24, 2.45) is 5.92 Å². The van der Waals surface area contributed by atoms with Gasteiger partial charge in [-0.2, -0.15) is 0 Å². The zero-order valence-electron chi connectivity index (χ0n) is 9.30. The summed E-state index contributed by atoms with van der Waals surface area (Å²) in [6.07, 6.45) is 0.890. The van der Waals surface area contributed by atoms with Gasteiger partial charge in [-0.05, 0) is 30.5 Å². The number of carbonyl (C=O) groups excluding carboxylic acids is 1. The van der Waals surface area contributed by atoms with Crippen LogP contribution in [0.3, 0.4) is 0 Å². The molecule has 0 heterocycles. The van der Waals surface area contributed by atoms with Gasteiger partial charge in [-0.25, -0.2) is 4.79 Å². The van der Waals surface area contributed by atoms with Gasteiger partial charge in [-0.15, -0.1) is 0 Å². The highest BCUT2D eigenvalue weighted by Gasteiger charge is 2.09. The molecule has 0 saturated carbocycles. The van der Waals surface area contributed by atoms with Crippen molar-refractivity contribution in [3.63, 3.8) is 0 Å². The normalized spacial score (nSPS) is 10.6. The van der Waals surface area contributed by atoms with Crippen LogP contribution in [0.15, 0.2) is 27.1 Å². The fourth-order valence-corrected chi connectivity index (χ4v) is 2.44. The number of rotatable bonds is 4. The molecule has 2 nitrogen and oxygen atoms in total. The molecule has 0 aliphatic carbocycles. The second-order valence-electron chi connectivity index (χ2n) is 3.98. The maximum atomic E-state index is 11.7. The molecule has 4 heteroatoms. The van der Waals surface area contributed by atoms with Gasteiger partial charge in [0, 0.05) is 8.95 Å². The fraction of sp³-hybridized carbons (Fsp3) is 0.417. The zero-order valence-corrected chi connectivity index (χ0v) is 12.5. The van der Waals surface area contributed by atoms with Crippen LogP contribution in [-0.4, -0.2) is 12.6 Å². The van der Waals surface area contributed by atoms with Gasteiger partial charge < -0.3 is 4.74 Å². The minimum atomic E-state index is -0.275.